The summed E-state index contributed by atoms with van der Waals surface area (Å²) >= 11 is 1.78. The second-order valence-corrected chi connectivity index (χ2v) is 7.03. The van der Waals surface area contributed by atoms with E-state index in [4.69, 9.17) is 9.47 Å². The highest BCUT2D eigenvalue weighted by atomic mass is 32.1. The molecule has 142 valence electrons. The van der Waals surface area contributed by atoms with E-state index in [1.54, 1.807) is 32.6 Å². The molecule has 1 aromatic carbocycles. The molecular weight excluding hydrogens is 348 g/mol. The molecule has 0 radical (unpaired) electrons. The van der Waals surface area contributed by atoms with E-state index in [9.17, 15) is 0 Å². The van der Waals surface area contributed by atoms with Crippen molar-refractivity contribution in [3.8, 4) is 11.5 Å². The molecule has 1 heterocycles. The van der Waals surface area contributed by atoms with E-state index in [0.29, 0.717) is 6.54 Å². The number of nitrogens with one attached hydrogen (secondary N) is 2. The minimum Gasteiger partial charge on any atom is -0.497 e. The number of aryl methyl sites for hydroxylation is 2. The van der Waals surface area contributed by atoms with Crippen LogP contribution in [-0.2, 0) is 19.4 Å². The lowest BCUT2D eigenvalue weighted by Gasteiger charge is -2.14. The highest BCUT2D eigenvalue weighted by Crippen LogP contribution is 2.24. The third kappa shape index (κ3) is 5.36. The maximum absolute atomic E-state index is 5.43. The highest BCUT2D eigenvalue weighted by molar-refractivity contribution is 7.11. The van der Waals surface area contributed by atoms with Gasteiger partial charge in [-0.25, -0.2) is 4.98 Å². The first-order valence-corrected chi connectivity index (χ1v) is 9.53. The zero-order valence-electron chi connectivity index (χ0n) is 16.2. The summed E-state index contributed by atoms with van der Waals surface area (Å²) in [7, 11) is 5.07. The summed E-state index contributed by atoms with van der Waals surface area (Å²) in [5.74, 6) is 2.32. The maximum Gasteiger partial charge on any atom is 0.191 e. The third-order valence-electron chi connectivity index (χ3n) is 4.07. The standard InChI is InChI=1S/C19H28N4O2S/c1-6-16-13(2)26-18(23-16)9-10-21-19(20-3)22-12-14-7-8-15(24-4)11-17(14)25-5/h7-8,11H,6,9-10,12H2,1-5H3,(H2,20,21,22). The molecule has 0 fully saturated rings. The molecule has 6 nitrogen and oxygen atoms in total. The molecule has 0 unspecified atom stereocenters. The Morgan fingerprint density at radius 3 is 2.65 bits per heavy atom. The fourth-order valence-corrected chi connectivity index (χ4v) is 3.63. The van der Waals surface area contributed by atoms with Gasteiger partial charge >= 0.3 is 0 Å². The van der Waals surface area contributed by atoms with Crippen molar-refractivity contribution >= 4 is 17.3 Å². The van der Waals surface area contributed by atoms with E-state index in [1.807, 2.05) is 18.2 Å². The number of guanidine groups is 1. The molecular formula is C19H28N4O2S. The Balaban J connectivity index is 1.86. The molecule has 0 aliphatic rings. The quantitative estimate of drug-likeness (QED) is 0.548. The summed E-state index contributed by atoms with van der Waals surface area (Å²) in [6.07, 6.45) is 1.88. The molecule has 0 bridgehead atoms. The molecule has 0 saturated carbocycles. The molecule has 0 saturated heterocycles. The number of aliphatic imine (C=N–C) groups is 1. The van der Waals surface area contributed by atoms with Crippen LogP contribution < -0.4 is 20.1 Å². The number of benzene rings is 1. The van der Waals surface area contributed by atoms with Gasteiger partial charge in [-0.2, -0.15) is 0 Å². The summed E-state index contributed by atoms with van der Waals surface area (Å²) in [4.78, 5) is 10.3. The lowest BCUT2D eigenvalue weighted by Crippen LogP contribution is -2.37. The normalized spacial score (nSPS) is 11.3. The van der Waals surface area contributed by atoms with Crippen LogP contribution in [0.3, 0.4) is 0 Å². The lowest BCUT2D eigenvalue weighted by atomic mass is 10.2. The molecule has 0 amide bonds. The van der Waals surface area contributed by atoms with Crippen LogP contribution >= 0.6 is 11.3 Å². The van der Waals surface area contributed by atoms with Crippen molar-refractivity contribution in [1.29, 1.82) is 0 Å². The van der Waals surface area contributed by atoms with Crippen molar-refractivity contribution in [2.75, 3.05) is 27.8 Å². The minimum atomic E-state index is 0.614. The number of ether oxygens (including phenoxy) is 2. The number of thiazole rings is 1. The molecule has 0 atom stereocenters. The first-order chi connectivity index (χ1) is 12.6. The van der Waals surface area contributed by atoms with Crippen molar-refractivity contribution in [2.24, 2.45) is 4.99 Å². The van der Waals surface area contributed by atoms with Gasteiger partial charge in [-0.1, -0.05) is 6.92 Å². The van der Waals surface area contributed by atoms with Gasteiger partial charge in [0.05, 0.1) is 24.9 Å². The summed E-state index contributed by atoms with van der Waals surface area (Å²) in [6.45, 7) is 5.68. The SMILES string of the molecule is CCc1nc(CCNC(=NC)NCc2ccc(OC)cc2OC)sc1C. The number of hydrogen-bond acceptors (Lipinski definition) is 5. The topological polar surface area (TPSA) is 67.8 Å². The van der Waals surface area contributed by atoms with Gasteiger partial charge in [0.25, 0.3) is 0 Å². The monoisotopic (exact) mass is 376 g/mol. The second kappa shape index (κ2) is 10.0. The third-order valence-corrected chi connectivity index (χ3v) is 5.14. The number of nitrogens with zero attached hydrogens (tertiary/aromatic N) is 2. The smallest absolute Gasteiger partial charge is 0.191 e. The van der Waals surface area contributed by atoms with Gasteiger partial charge in [0, 0.05) is 43.1 Å². The summed E-state index contributed by atoms with van der Waals surface area (Å²) in [5, 5.41) is 7.81. The Hall–Kier alpha value is -2.28. The maximum atomic E-state index is 5.43. The van der Waals surface area contributed by atoms with Crippen molar-refractivity contribution in [2.45, 2.75) is 33.2 Å². The number of methoxy groups -OCH3 is 2. The zero-order valence-corrected chi connectivity index (χ0v) is 17.0. The Labute approximate surface area is 159 Å². The average Bonchev–Trinajstić information content (AvgIpc) is 3.03. The molecule has 2 rings (SSSR count). The van der Waals surface area contributed by atoms with Crippen LogP contribution in [0.25, 0.3) is 0 Å². The molecule has 0 aliphatic heterocycles. The lowest BCUT2D eigenvalue weighted by molar-refractivity contribution is 0.390. The Morgan fingerprint density at radius 1 is 1.23 bits per heavy atom. The molecule has 0 aliphatic carbocycles. The van der Waals surface area contributed by atoms with E-state index in [1.165, 1.54) is 15.6 Å². The van der Waals surface area contributed by atoms with Crippen molar-refractivity contribution in [1.82, 2.24) is 15.6 Å². The second-order valence-electron chi connectivity index (χ2n) is 5.74. The van der Waals surface area contributed by atoms with Crippen molar-refractivity contribution in [3.63, 3.8) is 0 Å². The molecule has 2 N–H and O–H groups in total. The molecule has 0 spiro atoms. The number of hydrogen-bond donors (Lipinski definition) is 2. The predicted molar refractivity (Wildman–Crippen MR) is 108 cm³/mol. The molecule has 2 aromatic rings. The van der Waals surface area contributed by atoms with Gasteiger partial charge in [-0.05, 0) is 25.5 Å². The van der Waals surface area contributed by atoms with Crippen molar-refractivity contribution < 1.29 is 9.47 Å². The largest absolute Gasteiger partial charge is 0.497 e. The highest BCUT2D eigenvalue weighted by Gasteiger charge is 2.08. The summed E-state index contributed by atoms with van der Waals surface area (Å²) in [5.41, 5.74) is 2.25. The van der Waals surface area contributed by atoms with Crippen LogP contribution in [0.1, 0.15) is 28.1 Å². The van der Waals surface area contributed by atoms with Crippen molar-refractivity contribution in [3.05, 3.63) is 39.3 Å². The van der Waals surface area contributed by atoms with Gasteiger partial charge in [0.1, 0.15) is 11.5 Å². The summed E-state index contributed by atoms with van der Waals surface area (Å²) in [6, 6.07) is 5.79. The zero-order chi connectivity index (χ0) is 18.9. The van der Waals surface area contributed by atoms with Crippen LogP contribution in [0.2, 0.25) is 0 Å². The van der Waals surface area contributed by atoms with Gasteiger partial charge in [-0.15, -0.1) is 11.3 Å². The van der Waals surface area contributed by atoms with E-state index >= 15 is 0 Å². The van der Waals surface area contributed by atoms with Crippen LogP contribution in [0.5, 0.6) is 11.5 Å². The van der Waals surface area contributed by atoms with E-state index in [-0.39, 0.29) is 0 Å². The Kier molecular flexibility index (Phi) is 7.72. The van der Waals surface area contributed by atoms with E-state index in [0.717, 1.165) is 42.4 Å². The number of aromatic nitrogens is 1. The van der Waals surface area contributed by atoms with E-state index < -0.39 is 0 Å². The molecule has 26 heavy (non-hydrogen) atoms. The van der Waals surface area contributed by atoms with Crippen LogP contribution in [-0.4, -0.2) is 38.8 Å². The number of rotatable bonds is 8. The van der Waals surface area contributed by atoms with Crippen LogP contribution in [0, 0.1) is 6.92 Å². The predicted octanol–water partition coefficient (Wildman–Crippen LogP) is 2.94. The van der Waals surface area contributed by atoms with Gasteiger partial charge in [0.2, 0.25) is 0 Å². The van der Waals surface area contributed by atoms with Crippen LogP contribution in [0.4, 0.5) is 0 Å². The van der Waals surface area contributed by atoms with Gasteiger partial charge in [0.15, 0.2) is 5.96 Å². The Morgan fingerprint density at radius 2 is 2.04 bits per heavy atom. The molecule has 7 heteroatoms. The fraction of sp³-hybridized carbons (Fsp3) is 0.474. The fourth-order valence-electron chi connectivity index (χ4n) is 2.61. The Bertz CT molecular complexity index is 743. The first kappa shape index (κ1) is 20.0. The van der Waals surface area contributed by atoms with Gasteiger partial charge < -0.3 is 20.1 Å². The van der Waals surface area contributed by atoms with E-state index in [2.05, 4.69) is 34.5 Å². The van der Waals surface area contributed by atoms with Crippen LogP contribution in [0.15, 0.2) is 23.2 Å². The van der Waals surface area contributed by atoms with Gasteiger partial charge in [-0.3, -0.25) is 4.99 Å². The molecule has 1 aromatic heterocycles. The first-order valence-electron chi connectivity index (χ1n) is 8.71. The minimum absolute atomic E-state index is 0.614. The summed E-state index contributed by atoms with van der Waals surface area (Å²) < 4.78 is 10.7. The average molecular weight is 377 g/mol.